The highest BCUT2D eigenvalue weighted by Crippen LogP contribution is 2.28. The fourth-order valence-corrected chi connectivity index (χ4v) is 3.28. The molecule has 1 atom stereocenters. The Balaban J connectivity index is 1.67. The molecule has 3 N–H and O–H groups in total. The van der Waals surface area contributed by atoms with E-state index in [1.165, 1.54) is 6.42 Å². The van der Waals surface area contributed by atoms with E-state index in [1.54, 1.807) is 0 Å². The molecule has 0 spiro atoms. The van der Waals surface area contributed by atoms with E-state index in [4.69, 9.17) is 0 Å². The predicted octanol–water partition coefficient (Wildman–Crippen LogP) is 2.57. The molecule has 1 unspecified atom stereocenters. The number of amides is 1. The molecule has 3 rings (SSSR count). The van der Waals surface area contributed by atoms with Crippen LogP contribution in [0.3, 0.4) is 0 Å². The standard InChI is InChI=1S/C16H19BrN4O/c17-13-14(12-6-2-1-3-7-12)20-21-15(13)16(22)19-10-11-5-4-8-18-9-11/h1-3,6-7,11,18H,4-5,8-10H2,(H,19,22)(H,20,21). The van der Waals surface area contributed by atoms with Crippen LogP contribution in [0, 0.1) is 5.92 Å². The van der Waals surface area contributed by atoms with Gasteiger partial charge in [-0.25, -0.2) is 0 Å². The van der Waals surface area contributed by atoms with Crippen LogP contribution < -0.4 is 10.6 Å². The number of rotatable bonds is 4. The number of hydrogen-bond donors (Lipinski definition) is 3. The molecular weight excluding hydrogens is 344 g/mol. The van der Waals surface area contributed by atoms with Crippen molar-refractivity contribution in [3.8, 4) is 11.3 Å². The highest BCUT2D eigenvalue weighted by molar-refractivity contribution is 9.10. The smallest absolute Gasteiger partial charge is 0.270 e. The van der Waals surface area contributed by atoms with Gasteiger partial charge in [0.2, 0.25) is 0 Å². The number of hydrogen-bond acceptors (Lipinski definition) is 3. The minimum Gasteiger partial charge on any atom is -0.350 e. The van der Waals surface area contributed by atoms with Gasteiger partial charge in [0.25, 0.3) is 5.91 Å². The topological polar surface area (TPSA) is 69.8 Å². The molecule has 1 saturated heterocycles. The Morgan fingerprint density at radius 2 is 2.18 bits per heavy atom. The Hall–Kier alpha value is -1.66. The SMILES string of the molecule is O=C(NCC1CCCNC1)c1[nH]nc(-c2ccccc2)c1Br. The molecule has 0 bridgehead atoms. The van der Waals surface area contributed by atoms with E-state index in [2.05, 4.69) is 36.8 Å². The number of aromatic nitrogens is 2. The van der Waals surface area contributed by atoms with Crippen molar-refractivity contribution in [2.75, 3.05) is 19.6 Å². The van der Waals surface area contributed by atoms with Gasteiger partial charge < -0.3 is 10.6 Å². The number of nitrogens with zero attached hydrogens (tertiary/aromatic N) is 1. The van der Waals surface area contributed by atoms with Gasteiger partial charge in [-0.2, -0.15) is 5.10 Å². The average Bonchev–Trinajstić information content (AvgIpc) is 2.96. The second-order valence-corrected chi connectivity index (χ2v) is 6.34. The van der Waals surface area contributed by atoms with Crippen LogP contribution in [0.15, 0.2) is 34.8 Å². The Morgan fingerprint density at radius 3 is 2.91 bits per heavy atom. The van der Waals surface area contributed by atoms with Gasteiger partial charge in [-0.15, -0.1) is 0 Å². The van der Waals surface area contributed by atoms with Gasteiger partial charge in [-0.05, 0) is 47.8 Å². The van der Waals surface area contributed by atoms with Crippen LogP contribution in [0.4, 0.5) is 0 Å². The number of aromatic amines is 1. The van der Waals surface area contributed by atoms with Gasteiger partial charge in [0.15, 0.2) is 0 Å². The largest absolute Gasteiger partial charge is 0.350 e. The second-order valence-electron chi connectivity index (χ2n) is 5.55. The highest BCUT2D eigenvalue weighted by Gasteiger charge is 2.20. The molecule has 2 heterocycles. The number of benzene rings is 1. The molecular formula is C16H19BrN4O. The first-order chi connectivity index (χ1) is 10.8. The number of H-pyrrole nitrogens is 1. The van der Waals surface area contributed by atoms with Gasteiger partial charge in [-0.3, -0.25) is 9.89 Å². The fraction of sp³-hybridized carbons (Fsp3) is 0.375. The Bertz CT molecular complexity index is 635. The van der Waals surface area contributed by atoms with Crippen molar-refractivity contribution in [2.45, 2.75) is 12.8 Å². The van der Waals surface area contributed by atoms with Gasteiger partial charge >= 0.3 is 0 Å². The summed E-state index contributed by atoms with van der Waals surface area (Å²) >= 11 is 3.49. The molecule has 0 aliphatic carbocycles. The summed E-state index contributed by atoms with van der Waals surface area (Å²) in [5, 5.41) is 13.4. The number of halogens is 1. The minimum atomic E-state index is -0.118. The monoisotopic (exact) mass is 362 g/mol. The van der Waals surface area contributed by atoms with E-state index in [0.29, 0.717) is 22.6 Å². The zero-order valence-electron chi connectivity index (χ0n) is 12.2. The van der Waals surface area contributed by atoms with Crippen molar-refractivity contribution in [1.29, 1.82) is 0 Å². The third kappa shape index (κ3) is 3.39. The number of carbonyl (C=O) groups excluding carboxylic acids is 1. The number of piperidine rings is 1. The molecule has 116 valence electrons. The van der Waals surface area contributed by atoms with Crippen LogP contribution in [-0.4, -0.2) is 35.7 Å². The lowest BCUT2D eigenvalue weighted by molar-refractivity contribution is 0.0939. The lowest BCUT2D eigenvalue weighted by Gasteiger charge is -2.22. The molecule has 22 heavy (non-hydrogen) atoms. The molecule has 5 nitrogen and oxygen atoms in total. The maximum Gasteiger partial charge on any atom is 0.270 e. The number of carbonyl (C=O) groups is 1. The lowest BCUT2D eigenvalue weighted by atomic mass is 10.00. The maximum atomic E-state index is 12.3. The summed E-state index contributed by atoms with van der Waals surface area (Å²) in [4.78, 5) is 12.3. The molecule has 2 aromatic rings. The third-order valence-corrected chi connectivity index (χ3v) is 4.70. The third-order valence-electron chi connectivity index (χ3n) is 3.93. The zero-order valence-corrected chi connectivity index (χ0v) is 13.8. The van der Waals surface area contributed by atoms with Crippen molar-refractivity contribution in [3.63, 3.8) is 0 Å². The Labute approximate surface area is 138 Å². The van der Waals surface area contributed by atoms with Crippen molar-refractivity contribution in [3.05, 3.63) is 40.5 Å². The number of nitrogens with one attached hydrogen (secondary N) is 3. The molecule has 6 heteroatoms. The van der Waals surface area contributed by atoms with E-state index in [9.17, 15) is 4.79 Å². The van der Waals surface area contributed by atoms with Gasteiger partial charge in [0.05, 0.1) is 4.47 Å². The van der Waals surface area contributed by atoms with E-state index in [1.807, 2.05) is 30.3 Å². The summed E-state index contributed by atoms with van der Waals surface area (Å²) < 4.78 is 0.706. The molecule has 1 aromatic carbocycles. The molecule has 0 saturated carbocycles. The first-order valence-electron chi connectivity index (χ1n) is 7.54. The van der Waals surface area contributed by atoms with Gasteiger partial charge in [-0.1, -0.05) is 30.3 Å². The fourth-order valence-electron chi connectivity index (χ4n) is 2.69. The molecule has 1 fully saturated rings. The van der Waals surface area contributed by atoms with Crippen LogP contribution in [-0.2, 0) is 0 Å². The minimum absolute atomic E-state index is 0.118. The summed E-state index contributed by atoms with van der Waals surface area (Å²) in [6.45, 7) is 2.74. The molecule has 1 aromatic heterocycles. The van der Waals surface area contributed by atoms with E-state index in [0.717, 1.165) is 30.8 Å². The quantitative estimate of drug-likeness (QED) is 0.782. The van der Waals surface area contributed by atoms with Crippen LogP contribution in [0.25, 0.3) is 11.3 Å². The first-order valence-corrected chi connectivity index (χ1v) is 8.33. The summed E-state index contributed by atoms with van der Waals surface area (Å²) in [5.74, 6) is 0.389. The normalized spacial score (nSPS) is 18.1. The zero-order chi connectivity index (χ0) is 15.4. The molecule has 1 amide bonds. The van der Waals surface area contributed by atoms with Crippen LogP contribution in [0.5, 0.6) is 0 Å². The van der Waals surface area contributed by atoms with Crippen LogP contribution >= 0.6 is 15.9 Å². The molecule has 1 aliphatic rings. The molecule has 1 aliphatic heterocycles. The van der Waals surface area contributed by atoms with Crippen molar-refractivity contribution < 1.29 is 4.79 Å². The van der Waals surface area contributed by atoms with Crippen LogP contribution in [0.2, 0.25) is 0 Å². The summed E-state index contributed by atoms with van der Waals surface area (Å²) in [6.07, 6.45) is 2.33. The molecule has 0 radical (unpaired) electrons. The lowest BCUT2D eigenvalue weighted by Crippen LogP contribution is -2.38. The van der Waals surface area contributed by atoms with Gasteiger partial charge in [0, 0.05) is 12.1 Å². The Morgan fingerprint density at radius 1 is 1.36 bits per heavy atom. The summed E-state index contributed by atoms with van der Waals surface area (Å²) in [6, 6.07) is 9.79. The van der Waals surface area contributed by atoms with Crippen molar-refractivity contribution in [2.24, 2.45) is 5.92 Å². The predicted molar refractivity (Wildman–Crippen MR) is 89.7 cm³/mol. The second kappa shape index (κ2) is 7.07. The first kappa shape index (κ1) is 15.2. The van der Waals surface area contributed by atoms with E-state index < -0.39 is 0 Å². The van der Waals surface area contributed by atoms with Crippen molar-refractivity contribution in [1.82, 2.24) is 20.8 Å². The van der Waals surface area contributed by atoms with Gasteiger partial charge in [0.1, 0.15) is 11.4 Å². The summed E-state index contributed by atoms with van der Waals surface area (Å²) in [7, 11) is 0. The average molecular weight is 363 g/mol. The van der Waals surface area contributed by atoms with E-state index in [-0.39, 0.29) is 5.91 Å². The maximum absolute atomic E-state index is 12.3. The van der Waals surface area contributed by atoms with Crippen LogP contribution in [0.1, 0.15) is 23.3 Å². The summed E-state index contributed by atoms with van der Waals surface area (Å²) in [5.41, 5.74) is 2.20. The Kier molecular flexibility index (Phi) is 4.90. The van der Waals surface area contributed by atoms with Crippen molar-refractivity contribution >= 4 is 21.8 Å². The highest BCUT2D eigenvalue weighted by atomic mass is 79.9. The van der Waals surface area contributed by atoms with E-state index >= 15 is 0 Å².